The minimum atomic E-state index is -0.0445. The van der Waals surface area contributed by atoms with E-state index in [0.29, 0.717) is 31.0 Å². The van der Waals surface area contributed by atoms with E-state index in [-0.39, 0.29) is 5.91 Å². The van der Waals surface area contributed by atoms with Crippen molar-refractivity contribution in [1.29, 1.82) is 5.26 Å². The molecule has 0 saturated carbocycles. The third-order valence-electron chi connectivity index (χ3n) is 4.85. The van der Waals surface area contributed by atoms with E-state index in [9.17, 15) is 10.1 Å². The molecule has 1 aromatic carbocycles. The largest absolute Gasteiger partial charge is 0.490 e. The number of hydrogen-bond donors (Lipinski definition) is 1. The molecule has 5 nitrogen and oxygen atoms in total. The Morgan fingerprint density at radius 1 is 1.18 bits per heavy atom. The molecular formula is C21H22N2O3S2. The van der Waals surface area contributed by atoms with Gasteiger partial charge in [-0.25, -0.2) is 0 Å². The predicted molar refractivity (Wildman–Crippen MR) is 112 cm³/mol. The van der Waals surface area contributed by atoms with Crippen molar-refractivity contribution in [3.05, 3.63) is 34.2 Å². The van der Waals surface area contributed by atoms with Crippen molar-refractivity contribution >= 4 is 34.0 Å². The maximum atomic E-state index is 12.4. The summed E-state index contributed by atoms with van der Waals surface area (Å²) in [7, 11) is 0. The molecule has 146 valence electrons. The second kappa shape index (κ2) is 8.89. The van der Waals surface area contributed by atoms with Crippen LogP contribution in [0.5, 0.6) is 11.5 Å². The summed E-state index contributed by atoms with van der Waals surface area (Å²) in [6, 6.07) is 8.19. The fraction of sp³-hybridized carbons (Fsp3) is 0.429. The highest BCUT2D eigenvalue weighted by Crippen LogP contribution is 2.38. The van der Waals surface area contributed by atoms with Crippen molar-refractivity contribution in [2.45, 2.75) is 43.4 Å². The fourth-order valence-corrected chi connectivity index (χ4v) is 5.59. The highest BCUT2D eigenvalue weighted by molar-refractivity contribution is 7.99. The lowest BCUT2D eigenvalue weighted by molar-refractivity contribution is -0.115. The van der Waals surface area contributed by atoms with E-state index in [1.807, 2.05) is 18.2 Å². The molecule has 0 unspecified atom stereocenters. The number of aryl methyl sites for hydroxylation is 1. The number of nitrogens with one attached hydrogen (secondary N) is 1. The first-order chi connectivity index (χ1) is 13.7. The number of carbonyl (C=O) groups is 1. The zero-order valence-electron chi connectivity index (χ0n) is 15.6. The zero-order valence-corrected chi connectivity index (χ0v) is 17.2. The van der Waals surface area contributed by atoms with Crippen molar-refractivity contribution in [3.63, 3.8) is 0 Å². The average Bonchev–Trinajstić information content (AvgIpc) is 2.88. The molecule has 1 N–H and O–H groups in total. The van der Waals surface area contributed by atoms with Gasteiger partial charge in [0.2, 0.25) is 5.91 Å². The first kappa shape index (κ1) is 19.2. The molecule has 1 amide bonds. The van der Waals surface area contributed by atoms with Crippen LogP contribution in [-0.2, 0) is 17.6 Å². The summed E-state index contributed by atoms with van der Waals surface area (Å²) < 4.78 is 11.4. The highest BCUT2D eigenvalue weighted by atomic mass is 32.2. The highest BCUT2D eigenvalue weighted by Gasteiger charge is 2.21. The molecule has 0 radical (unpaired) electrons. The van der Waals surface area contributed by atoms with Gasteiger partial charge in [0.15, 0.2) is 11.5 Å². The molecular weight excluding hydrogens is 392 g/mol. The van der Waals surface area contributed by atoms with Crippen LogP contribution in [0.4, 0.5) is 5.00 Å². The molecule has 1 aromatic heterocycles. The van der Waals surface area contributed by atoms with Crippen LogP contribution in [-0.4, -0.2) is 24.9 Å². The number of amides is 1. The van der Waals surface area contributed by atoms with E-state index in [2.05, 4.69) is 11.4 Å². The first-order valence-corrected chi connectivity index (χ1v) is 11.4. The molecule has 2 aromatic rings. The maximum Gasteiger partial charge on any atom is 0.225 e. The van der Waals surface area contributed by atoms with Gasteiger partial charge in [-0.3, -0.25) is 4.79 Å². The molecule has 4 rings (SSSR count). The van der Waals surface area contributed by atoms with Crippen LogP contribution in [0.2, 0.25) is 0 Å². The van der Waals surface area contributed by atoms with Crippen LogP contribution in [0.15, 0.2) is 23.1 Å². The Kier molecular flexibility index (Phi) is 6.08. The van der Waals surface area contributed by atoms with Crippen LogP contribution in [0.3, 0.4) is 0 Å². The van der Waals surface area contributed by atoms with Crippen molar-refractivity contribution in [1.82, 2.24) is 0 Å². The minimum absolute atomic E-state index is 0.0445. The number of ether oxygens (including phenoxy) is 2. The average molecular weight is 415 g/mol. The smallest absolute Gasteiger partial charge is 0.225 e. The number of fused-ring (bicyclic) bond motifs is 2. The molecule has 0 fully saturated rings. The molecule has 28 heavy (non-hydrogen) atoms. The number of nitrogens with zero attached hydrogens (tertiary/aromatic N) is 1. The molecule has 1 aliphatic carbocycles. The lowest BCUT2D eigenvalue weighted by Gasteiger charge is -2.09. The molecule has 2 heterocycles. The van der Waals surface area contributed by atoms with Crippen molar-refractivity contribution in [3.8, 4) is 17.6 Å². The second-order valence-electron chi connectivity index (χ2n) is 6.83. The van der Waals surface area contributed by atoms with Gasteiger partial charge < -0.3 is 14.8 Å². The standard InChI is InChI=1S/C21H22N2O3S2/c22-13-16-15-4-1-2-5-19(15)28-21(16)23-20(24)8-11-27-14-6-7-17-18(12-14)26-10-3-9-25-17/h6-7,12H,1-5,8-11H2,(H,23,24). The number of benzene rings is 1. The normalized spacial score (nSPS) is 15.2. The number of hydrogen-bond acceptors (Lipinski definition) is 6. The summed E-state index contributed by atoms with van der Waals surface area (Å²) in [4.78, 5) is 14.7. The van der Waals surface area contributed by atoms with Gasteiger partial charge in [-0.1, -0.05) is 0 Å². The van der Waals surface area contributed by atoms with Gasteiger partial charge in [-0.05, 0) is 49.4 Å². The number of anilines is 1. The number of nitriles is 1. The Bertz CT molecular complexity index is 917. The Hall–Kier alpha value is -2.17. The Morgan fingerprint density at radius 2 is 2.00 bits per heavy atom. The summed E-state index contributed by atoms with van der Waals surface area (Å²) in [6.45, 7) is 1.34. The summed E-state index contributed by atoms with van der Waals surface area (Å²) >= 11 is 3.19. The van der Waals surface area contributed by atoms with Crippen molar-refractivity contribution in [2.24, 2.45) is 0 Å². The summed E-state index contributed by atoms with van der Waals surface area (Å²) in [5.74, 6) is 2.18. The first-order valence-electron chi connectivity index (χ1n) is 9.61. The van der Waals surface area contributed by atoms with E-state index in [1.165, 1.54) is 4.88 Å². The molecule has 7 heteroatoms. The number of carbonyl (C=O) groups excluding carboxylic acids is 1. The van der Waals surface area contributed by atoms with E-state index >= 15 is 0 Å². The molecule has 0 bridgehead atoms. The van der Waals surface area contributed by atoms with Gasteiger partial charge in [-0.15, -0.1) is 23.1 Å². The van der Waals surface area contributed by atoms with Gasteiger partial charge in [0.05, 0.1) is 18.8 Å². The Morgan fingerprint density at radius 3 is 2.86 bits per heavy atom. The van der Waals surface area contributed by atoms with Gasteiger partial charge >= 0.3 is 0 Å². The molecule has 0 saturated heterocycles. The van der Waals surface area contributed by atoms with Gasteiger partial charge in [0, 0.05) is 28.4 Å². The monoisotopic (exact) mass is 414 g/mol. The predicted octanol–water partition coefficient (Wildman–Crippen LogP) is 4.78. The van der Waals surface area contributed by atoms with Gasteiger partial charge in [0.1, 0.15) is 11.1 Å². The lowest BCUT2D eigenvalue weighted by Crippen LogP contribution is -2.12. The van der Waals surface area contributed by atoms with Gasteiger partial charge in [-0.2, -0.15) is 5.26 Å². The van der Waals surface area contributed by atoms with Crippen molar-refractivity contribution in [2.75, 3.05) is 24.3 Å². The summed E-state index contributed by atoms with van der Waals surface area (Å²) in [5.41, 5.74) is 1.82. The summed E-state index contributed by atoms with van der Waals surface area (Å²) in [6.07, 6.45) is 5.53. The van der Waals surface area contributed by atoms with E-state index in [0.717, 1.165) is 59.1 Å². The molecule has 1 aliphatic heterocycles. The third kappa shape index (κ3) is 4.29. The van der Waals surface area contributed by atoms with Crippen molar-refractivity contribution < 1.29 is 14.3 Å². The topological polar surface area (TPSA) is 71.4 Å². The molecule has 2 aliphatic rings. The molecule has 0 spiro atoms. The van der Waals surface area contributed by atoms with Crippen LogP contribution < -0.4 is 14.8 Å². The van der Waals surface area contributed by atoms with Crippen LogP contribution >= 0.6 is 23.1 Å². The second-order valence-corrected chi connectivity index (χ2v) is 9.11. The fourth-order valence-electron chi connectivity index (χ4n) is 3.46. The van der Waals surface area contributed by atoms with E-state index in [1.54, 1.807) is 23.1 Å². The number of thioether (sulfide) groups is 1. The van der Waals surface area contributed by atoms with Gasteiger partial charge in [0.25, 0.3) is 0 Å². The Labute approximate surface area is 173 Å². The maximum absolute atomic E-state index is 12.4. The van der Waals surface area contributed by atoms with Crippen LogP contribution in [0.1, 0.15) is 41.7 Å². The zero-order chi connectivity index (χ0) is 19.3. The SMILES string of the molecule is N#Cc1c(NC(=O)CCSc2ccc3c(c2)OCCCO3)sc2c1CCCC2. The third-order valence-corrected chi connectivity index (χ3v) is 7.06. The lowest BCUT2D eigenvalue weighted by atomic mass is 9.96. The van der Waals surface area contributed by atoms with Crippen LogP contribution in [0, 0.1) is 11.3 Å². The van der Waals surface area contributed by atoms with E-state index < -0.39 is 0 Å². The number of thiophene rings is 1. The molecule has 0 atom stereocenters. The summed E-state index contributed by atoms with van der Waals surface area (Å²) in [5, 5.41) is 13.2. The number of rotatable bonds is 5. The van der Waals surface area contributed by atoms with E-state index in [4.69, 9.17) is 9.47 Å². The minimum Gasteiger partial charge on any atom is -0.490 e. The van der Waals surface area contributed by atoms with Crippen LogP contribution in [0.25, 0.3) is 0 Å². The quantitative estimate of drug-likeness (QED) is 0.713. The Balaban J connectivity index is 1.33.